The van der Waals surface area contributed by atoms with Crippen LogP contribution in [0.2, 0.25) is 0 Å². The number of carbonyl (C=O) groups is 1. The van der Waals surface area contributed by atoms with Gasteiger partial charge in [-0.15, -0.1) is 0 Å². The van der Waals surface area contributed by atoms with E-state index in [9.17, 15) is 4.79 Å². The van der Waals surface area contributed by atoms with Crippen molar-refractivity contribution < 1.29 is 4.79 Å². The molecule has 0 unspecified atom stereocenters. The quantitative estimate of drug-likeness (QED) is 0.813. The lowest BCUT2D eigenvalue weighted by Gasteiger charge is -2.38. The summed E-state index contributed by atoms with van der Waals surface area (Å²) in [6, 6.07) is 10.7. The maximum absolute atomic E-state index is 13.2. The largest absolute Gasteiger partial charge is 0.332 e. The summed E-state index contributed by atoms with van der Waals surface area (Å²) in [6.07, 6.45) is 10.9. The summed E-state index contributed by atoms with van der Waals surface area (Å²) < 4.78 is 0. The monoisotopic (exact) mass is 347 g/mol. The molecule has 4 heteroatoms. The van der Waals surface area contributed by atoms with Crippen LogP contribution in [-0.4, -0.2) is 26.8 Å². The topological polar surface area (TPSA) is 46.1 Å². The van der Waals surface area contributed by atoms with Crippen molar-refractivity contribution in [3.05, 3.63) is 47.8 Å². The first-order valence-electron chi connectivity index (χ1n) is 10.0. The molecule has 0 spiro atoms. The van der Waals surface area contributed by atoms with Gasteiger partial charge in [0.25, 0.3) is 0 Å². The zero-order valence-corrected chi connectivity index (χ0v) is 15.1. The Kier molecular flexibility index (Phi) is 3.99. The molecule has 3 aliphatic rings. The predicted molar refractivity (Wildman–Crippen MR) is 100 cm³/mol. The van der Waals surface area contributed by atoms with Crippen molar-refractivity contribution in [1.82, 2.24) is 14.9 Å². The lowest BCUT2D eigenvalue weighted by atomic mass is 9.86. The number of benzene rings is 1. The van der Waals surface area contributed by atoms with Gasteiger partial charge >= 0.3 is 0 Å². The minimum Gasteiger partial charge on any atom is -0.332 e. The highest BCUT2D eigenvalue weighted by molar-refractivity contribution is 5.80. The van der Waals surface area contributed by atoms with E-state index in [0.29, 0.717) is 11.9 Å². The highest BCUT2D eigenvalue weighted by Gasteiger charge is 2.45. The van der Waals surface area contributed by atoms with Crippen LogP contribution >= 0.6 is 0 Å². The summed E-state index contributed by atoms with van der Waals surface area (Å²) in [5.41, 5.74) is 3.39. The fourth-order valence-corrected chi connectivity index (χ4v) is 5.10. The van der Waals surface area contributed by atoms with Gasteiger partial charge in [-0.2, -0.15) is 0 Å². The summed E-state index contributed by atoms with van der Waals surface area (Å²) in [6.45, 7) is 0. The van der Waals surface area contributed by atoms with Crippen molar-refractivity contribution in [2.45, 2.75) is 63.5 Å². The maximum atomic E-state index is 13.2. The van der Waals surface area contributed by atoms with E-state index >= 15 is 0 Å². The molecule has 4 nitrogen and oxygen atoms in total. The fraction of sp³-hybridized carbons (Fsp3) is 0.500. The molecule has 2 aromatic rings. The van der Waals surface area contributed by atoms with E-state index in [4.69, 9.17) is 4.98 Å². The Morgan fingerprint density at radius 1 is 1.00 bits per heavy atom. The number of carbonyl (C=O) groups excluding carboxylic acids is 1. The summed E-state index contributed by atoms with van der Waals surface area (Å²) in [4.78, 5) is 24.9. The van der Waals surface area contributed by atoms with E-state index < -0.39 is 0 Å². The highest BCUT2D eigenvalue weighted by Crippen LogP contribution is 2.45. The van der Waals surface area contributed by atoms with E-state index in [-0.39, 0.29) is 12.0 Å². The number of rotatable bonds is 2. The molecular weight excluding hydrogens is 322 g/mol. The van der Waals surface area contributed by atoms with Gasteiger partial charge in [0.1, 0.15) is 0 Å². The minimum absolute atomic E-state index is 0.197. The van der Waals surface area contributed by atoms with E-state index in [1.54, 1.807) is 0 Å². The van der Waals surface area contributed by atoms with Crippen molar-refractivity contribution in [1.29, 1.82) is 0 Å². The zero-order valence-electron chi connectivity index (χ0n) is 15.1. The number of nitrogens with zero attached hydrogens (tertiary/aromatic N) is 3. The van der Waals surface area contributed by atoms with Gasteiger partial charge in [0.15, 0.2) is 5.82 Å². The molecule has 1 aromatic heterocycles. The molecule has 1 saturated carbocycles. The smallest absolute Gasteiger partial charge is 0.226 e. The lowest BCUT2D eigenvalue weighted by molar-refractivity contribution is -0.140. The van der Waals surface area contributed by atoms with Crippen LogP contribution in [0.3, 0.4) is 0 Å². The molecule has 2 atom stereocenters. The van der Waals surface area contributed by atoms with Crippen molar-refractivity contribution >= 4 is 5.91 Å². The molecular formula is C22H25N3O. The van der Waals surface area contributed by atoms with Gasteiger partial charge in [-0.3, -0.25) is 4.79 Å². The van der Waals surface area contributed by atoms with Crippen molar-refractivity contribution in [3.8, 4) is 11.4 Å². The number of hydrogen-bond acceptors (Lipinski definition) is 3. The molecule has 3 heterocycles. The third-order valence-corrected chi connectivity index (χ3v) is 6.43. The van der Waals surface area contributed by atoms with Crippen LogP contribution in [0, 0.1) is 5.92 Å². The first-order chi connectivity index (χ1) is 12.8. The third-order valence-electron chi connectivity index (χ3n) is 6.43. The number of aromatic nitrogens is 2. The Labute approximate surface area is 154 Å². The lowest BCUT2D eigenvalue weighted by Crippen LogP contribution is -2.45. The molecule has 1 saturated heterocycles. The zero-order chi connectivity index (χ0) is 17.5. The second kappa shape index (κ2) is 6.49. The number of amides is 1. The molecule has 2 bridgehead atoms. The first kappa shape index (κ1) is 16.0. The van der Waals surface area contributed by atoms with Gasteiger partial charge in [-0.25, -0.2) is 9.97 Å². The van der Waals surface area contributed by atoms with Crippen LogP contribution < -0.4 is 0 Å². The maximum Gasteiger partial charge on any atom is 0.226 e. The average Bonchev–Trinajstić information content (AvgIpc) is 3.03. The molecule has 1 aromatic carbocycles. The van der Waals surface area contributed by atoms with Crippen LogP contribution in [0.25, 0.3) is 11.4 Å². The molecule has 2 fully saturated rings. The van der Waals surface area contributed by atoms with Gasteiger partial charge in [-0.1, -0.05) is 49.6 Å². The minimum atomic E-state index is 0.197. The van der Waals surface area contributed by atoms with Crippen molar-refractivity contribution in [2.24, 2.45) is 5.92 Å². The van der Waals surface area contributed by atoms with Crippen LogP contribution in [-0.2, 0) is 11.2 Å². The van der Waals surface area contributed by atoms with Crippen molar-refractivity contribution in [2.75, 3.05) is 0 Å². The predicted octanol–water partition coefficient (Wildman–Crippen LogP) is 4.31. The molecule has 2 aliphatic heterocycles. The van der Waals surface area contributed by atoms with E-state index in [0.717, 1.165) is 49.2 Å². The van der Waals surface area contributed by atoms with E-state index in [2.05, 4.69) is 22.0 Å². The standard InChI is InChI=1S/C22H25N3O/c26-22(16-9-5-2-6-10-16)25-17-11-12-20(25)18-14-23-21(24-19(18)13-17)15-7-3-1-4-8-15/h1,3-4,7-8,14,16-17,20H,2,5-6,9-13H2/t17-,20+/m0/s1. The molecule has 1 aliphatic carbocycles. The summed E-state index contributed by atoms with van der Waals surface area (Å²) >= 11 is 0. The van der Waals surface area contributed by atoms with E-state index in [1.807, 2.05) is 24.4 Å². The van der Waals surface area contributed by atoms with Gasteiger partial charge in [0.05, 0.1) is 11.7 Å². The van der Waals surface area contributed by atoms with Crippen LogP contribution in [0.5, 0.6) is 0 Å². The number of hydrogen-bond donors (Lipinski definition) is 0. The Balaban J connectivity index is 1.44. The summed E-state index contributed by atoms with van der Waals surface area (Å²) in [7, 11) is 0. The SMILES string of the molecule is O=C(C1CCCCC1)N1[C@H]2CC[C@@H]1c1cnc(-c3ccccc3)nc1C2. The molecule has 5 rings (SSSR count). The molecule has 26 heavy (non-hydrogen) atoms. The Bertz CT molecular complexity index is 813. The average molecular weight is 347 g/mol. The van der Waals surface area contributed by atoms with E-state index in [1.165, 1.54) is 24.8 Å². The first-order valence-corrected chi connectivity index (χ1v) is 10.0. The van der Waals surface area contributed by atoms with Crippen LogP contribution in [0.15, 0.2) is 36.5 Å². The van der Waals surface area contributed by atoms with Crippen LogP contribution in [0.4, 0.5) is 0 Å². The second-order valence-corrected chi connectivity index (χ2v) is 7.99. The van der Waals surface area contributed by atoms with Crippen molar-refractivity contribution in [3.63, 3.8) is 0 Å². The van der Waals surface area contributed by atoms with Gasteiger partial charge in [0.2, 0.25) is 5.91 Å². The van der Waals surface area contributed by atoms with Gasteiger partial charge < -0.3 is 4.90 Å². The molecule has 0 N–H and O–H groups in total. The Hall–Kier alpha value is -2.23. The number of fused-ring (bicyclic) bond motifs is 4. The normalized spacial score (nSPS) is 25.2. The molecule has 0 radical (unpaired) electrons. The van der Waals surface area contributed by atoms with Gasteiger partial charge in [-0.05, 0) is 25.7 Å². The fourth-order valence-electron chi connectivity index (χ4n) is 5.10. The second-order valence-electron chi connectivity index (χ2n) is 7.99. The summed E-state index contributed by atoms with van der Waals surface area (Å²) in [5.74, 6) is 1.45. The highest BCUT2D eigenvalue weighted by atomic mass is 16.2. The third kappa shape index (κ3) is 2.63. The van der Waals surface area contributed by atoms with Crippen LogP contribution in [0.1, 0.15) is 62.2 Å². The Morgan fingerprint density at radius 2 is 1.81 bits per heavy atom. The molecule has 1 amide bonds. The molecule has 134 valence electrons. The van der Waals surface area contributed by atoms with Gasteiger partial charge in [0, 0.05) is 35.7 Å². The Morgan fingerprint density at radius 3 is 2.62 bits per heavy atom. The summed E-state index contributed by atoms with van der Waals surface area (Å²) in [5, 5.41) is 0.